The number of carbonyl (C=O) groups excluding carboxylic acids is 1. The Kier molecular flexibility index (Phi) is 6.14. The molecule has 8 heteroatoms. The monoisotopic (exact) mass is 410 g/mol. The summed E-state index contributed by atoms with van der Waals surface area (Å²) in [4.78, 5) is 14.2. The highest BCUT2D eigenvalue weighted by atomic mass is 35.5. The molecule has 1 N–H and O–H groups in total. The Morgan fingerprint density at radius 2 is 1.93 bits per heavy atom. The second kappa shape index (κ2) is 8.37. The molecule has 0 radical (unpaired) electrons. The minimum atomic E-state index is -3.74. The molecule has 3 rings (SSSR count). The molecule has 1 aliphatic rings. The molecule has 0 unspecified atom stereocenters. The van der Waals surface area contributed by atoms with Crippen molar-refractivity contribution in [1.29, 1.82) is 0 Å². The normalized spacial score (nSPS) is 14.1. The van der Waals surface area contributed by atoms with Gasteiger partial charge < -0.3 is 4.90 Å². The van der Waals surface area contributed by atoms with E-state index in [1.165, 1.54) is 18.2 Å². The third kappa shape index (κ3) is 5.28. The molecule has 1 fully saturated rings. The first-order valence-electron chi connectivity index (χ1n) is 8.65. The van der Waals surface area contributed by atoms with E-state index >= 15 is 0 Å². The van der Waals surface area contributed by atoms with Crippen molar-refractivity contribution in [3.63, 3.8) is 0 Å². The van der Waals surface area contributed by atoms with Gasteiger partial charge in [0.1, 0.15) is 5.82 Å². The zero-order chi connectivity index (χ0) is 19.4. The van der Waals surface area contributed by atoms with Crippen molar-refractivity contribution in [1.82, 2.24) is 9.62 Å². The van der Waals surface area contributed by atoms with Gasteiger partial charge in [-0.2, -0.15) is 0 Å². The molecule has 0 spiro atoms. The van der Waals surface area contributed by atoms with Crippen molar-refractivity contribution in [3.8, 4) is 0 Å². The summed E-state index contributed by atoms with van der Waals surface area (Å²) in [6.45, 7) is 0.158. The second-order valence-corrected chi connectivity index (χ2v) is 8.65. The third-order valence-corrected chi connectivity index (χ3v) is 6.04. The summed E-state index contributed by atoms with van der Waals surface area (Å²) in [5.41, 5.74) is 0.456. The van der Waals surface area contributed by atoms with Crippen LogP contribution in [0.2, 0.25) is 5.02 Å². The molecular weight excluding hydrogens is 391 g/mol. The molecule has 0 heterocycles. The standard InChI is InChI=1S/C19H20ClFN2O3S/c20-15-5-3-6-17(12-15)27(25,26)22-11-10-19(24)23(16-8-9-16)13-14-4-1-2-7-18(14)21/h1-7,12,16,22H,8-11,13H2. The molecule has 144 valence electrons. The fourth-order valence-electron chi connectivity index (χ4n) is 2.77. The van der Waals surface area contributed by atoms with Crippen molar-refractivity contribution in [2.75, 3.05) is 6.54 Å². The molecular formula is C19H20ClFN2O3S. The van der Waals surface area contributed by atoms with E-state index in [1.807, 2.05) is 0 Å². The van der Waals surface area contributed by atoms with E-state index < -0.39 is 10.0 Å². The maximum absolute atomic E-state index is 13.9. The summed E-state index contributed by atoms with van der Waals surface area (Å²) in [7, 11) is -3.74. The fourth-order valence-corrected chi connectivity index (χ4v) is 4.10. The second-order valence-electron chi connectivity index (χ2n) is 6.45. The van der Waals surface area contributed by atoms with Gasteiger partial charge >= 0.3 is 0 Å². The minimum absolute atomic E-state index is 0.00471. The van der Waals surface area contributed by atoms with E-state index in [1.54, 1.807) is 35.2 Å². The predicted octanol–water partition coefficient (Wildman–Crippen LogP) is 3.34. The number of carbonyl (C=O) groups is 1. The summed E-state index contributed by atoms with van der Waals surface area (Å²) in [5.74, 6) is -0.549. The van der Waals surface area contributed by atoms with E-state index in [0.29, 0.717) is 10.6 Å². The van der Waals surface area contributed by atoms with Gasteiger partial charge in [0.05, 0.1) is 4.90 Å². The van der Waals surface area contributed by atoms with E-state index in [2.05, 4.69) is 4.72 Å². The molecule has 1 saturated carbocycles. The van der Waals surface area contributed by atoms with Crippen LogP contribution in [0.4, 0.5) is 4.39 Å². The zero-order valence-electron chi connectivity index (χ0n) is 14.6. The molecule has 0 aromatic heterocycles. The Morgan fingerprint density at radius 1 is 1.19 bits per heavy atom. The highest BCUT2D eigenvalue weighted by molar-refractivity contribution is 7.89. The Morgan fingerprint density at radius 3 is 2.59 bits per heavy atom. The first kappa shape index (κ1) is 19.8. The zero-order valence-corrected chi connectivity index (χ0v) is 16.1. The van der Waals surface area contributed by atoms with Crippen LogP contribution in [0.25, 0.3) is 0 Å². The lowest BCUT2D eigenvalue weighted by atomic mass is 10.2. The first-order valence-corrected chi connectivity index (χ1v) is 10.5. The Balaban J connectivity index is 1.59. The Labute approximate surface area is 163 Å². The summed E-state index contributed by atoms with van der Waals surface area (Å²) in [5, 5.41) is 0.318. The van der Waals surface area contributed by atoms with Crippen molar-refractivity contribution in [3.05, 3.63) is 64.9 Å². The highest BCUT2D eigenvalue weighted by Gasteiger charge is 2.32. The molecule has 2 aromatic carbocycles. The van der Waals surface area contributed by atoms with Crippen LogP contribution in [-0.4, -0.2) is 31.8 Å². The highest BCUT2D eigenvalue weighted by Crippen LogP contribution is 2.29. The number of nitrogens with zero attached hydrogens (tertiary/aromatic N) is 1. The van der Waals surface area contributed by atoms with Crippen LogP contribution < -0.4 is 4.72 Å². The minimum Gasteiger partial charge on any atom is -0.335 e. The van der Waals surface area contributed by atoms with Crippen LogP contribution in [0, 0.1) is 5.82 Å². The first-order chi connectivity index (χ1) is 12.9. The number of nitrogens with one attached hydrogen (secondary N) is 1. The predicted molar refractivity (Wildman–Crippen MR) is 101 cm³/mol. The van der Waals surface area contributed by atoms with Crippen LogP contribution in [0.3, 0.4) is 0 Å². The van der Waals surface area contributed by atoms with Crippen molar-refractivity contribution >= 4 is 27.5 Å². The van der Waals surface area contributed by atoms with Gasteiger partial charge in [-0.25, -0.2) is 17.5 Å². The van der Waals surface area contributed by atoms with Crippen molar-refractivity contribution in [2.24, 2.45) is 0 Å². The lowest BCUT2D eigenvalue weighted by molar-refractivity contribution is -0.132. The molecule has 2 aromatic rings. The molecule has 5 nitrogen and oxygen atoms in total. The van der Waals surface area contributed by atoms with Gasteiger partial charge in [-0.05, 0) is 37.1 Å². The van der Waals surface area contributed by atoms with E-state index in [4.69, 9.17) is 11.6 Å². The molecule has 0 bridgehead atoms. The lowest BCUT2D eigenvalue weighted by Crippen LogP contribution is -2.36. The molecule has 1 amide bonds. The van der Waals surface area contributed by atoms with Crippen LogP contribution in [-0.2, 0) is 21.4 Å². The van der Waals surface area contributed by atoms with Gasteiger partial charge in [-0.1, -0.05) is 35.9 Å². The van der Waals surface area contributed by atoms with E-state index in [0.717, 1.165) is 12.8 Å². The topological polar surface area (TPSA) is 66.5 Å². The van der Waals surface area contributed by atoms with Crippen molar-refractivity contribution in [2.45, 2.75) is 36.7 Å². The van der Waals surface area contributed by atoms with Crippen LogP contribution in [0.5, 0.6) is 0 Å². The smallest absolute Gasteiger partial charge is 0.240 e. The number of rotatable bonds is 8. The number of benzene rings is 2. The number of amides is 1. The van der Waals surface area contributed by atoms with Gasteiger partial charge in [0.25, 0.3) is 0 Å². The average Bonchev–Trinajstić information content (AvgIpc) is 3.45. The van der Waals surface area contributed by atoms with Gasteiger partial charge in [0, 0.05) is 36.1 Å². The maximum Gasteiger partial charge on any atom is 0.240 e. The largest absolute Gasteiger partial charge is 0.335 e. The SMILES string of the molecule is O=C(CCNS(=O)(=O)c1cccc(Cl)c1)N(Cc1ccccc1F)C1CC1. The summed E-state index contributed by atoms with van der Waals surface area (Å²) in [6.07, 6.45) is 1.77. The Hall–Kier alpha value is -1.96. The molecule has 0 atom stereocenters. The van der Waals surface area contributed by atoms with Crippen LogP contribution in [0.15, 0.2) is 53.4 Å². The number of hydrogen-bond donors (Lipinski definition) is 1. The fraction of sp³-hybridized carbons (Fsp3) is 0.316. The maximum atomic E-state index is 13.9. The van der Waals surface area contributed by atoms with Gasteiger partial charge in [0.15, 0.2) is 0 Å². The van der Waals surface area contributed by atoms with Gasteiger partial charge in [-0.15, -0.1) is 0 Å². The van der Waals surface area contributed by atoms with Gasteiger partial charge in [-0.3, -0.25) is 4.79 Å². The third-order valence-electron chi connectivity index (χ3n) is 4.34. The van der Waals surface area contributed by atoms with E-state index in [-0.39, 0.29) is 42.2 Å². The quantitative estimate of drug-likeness (QED) is 0.725. The summed E-state index contributed by atoms with van der Waals surface area (Å²) >= 11 is 5.82. The summed E-state index contributed by atoms with van der Waals surface area (Å²) in [6, 6.07) is 12.4. The number of hydrogen-bond acceptors (Lipinski definition) is 3. The van der Waals surface area contributed by atoms with E-state index in [9.17, 15) is 17.6 Å². The molecule has 27 heavy (non-hydrogen) atoms. The Bertz CT molecular complexity index is 932. The van der Waals surface area contributed by atoms with Crippen molar-refractivity contribution < 1.29 is 17.6 Å². The molecule has 1 aliphatic carbocycles. The average molecular weight is 411 g/mol. The lowest BCUT2D eigenvalue weighted by Gasteiger charge is -2.23. The summed E-state index contributed by atoms with van der Waals surface area (Å²) < 4.78 is 40.8. The van der Waals surface area contributed by atoms with Crippen LogP contribution >= 0.6 is 11.6 Å². The number of sulfonamides is 1. The molecule has 0 aliphatic heterocycles. The molecule has 0 saturated heterocycles. The van der Waals surface area contributed by atoms with Crippen LogP contribution in [0.1, 0.15) is 24.8 Å². The number of halogens is 2. The van der Waals surface area contributed by atoms with Gasteiger partial charge in [0.2, 0.25) is 15.9 Å².